The fourth-order valence-corrected chi connectivity index (χ4v) is 4.91. The van der Waals surface area contributed by atoms with Crippen molar-refractivity contribution in [2.75, 3.05) is 26.2 Å². The van der Waals surface area contributed by atoms with E-state index in [2.05, 4.69) is 4.72 Å². The lowest BCUT2D eigenvalue weighted by atomic mass is 9.90. The van der Waals surface area contributed by atoms with Crippen LogP contribution in [-0.4, -0.2) is 56.8 Å². The molecule has 2 aliphatic rings. The maximum atomic E-state index is 15.5. The minimum Gasteiger partial charge on any atom is -0.760 e. The Morgan fingerprint density at radius 1 is 1.16 bits per heavy atom. The molecule has 1 unspecified atom stereocenters. The van der Waals surface area contributed by atoms with E-state index >= 15 is 4.39 Å². The molecule has 2 aromatic carbocycles. The van der Waals surface area contributed by atoms with Crippen LogP contribution >= 0.6 is 0 Å². The molecule has 172 valence electrons. The summed E-state index contributed by atoms with van der Waals surface area (Å²) in [5.74, 6) is -0.801. The maximum absolute atomic E-state index is 15.5. The molecule has 0 aliphatic carbocycles. The SMILES string of the molecule is O=C(N1CCC1)N1CC[C@@H](CCNS(=O)[O-])[C@@H]1Cc1cccc(-c2cccc(F)c2)c1F. The van der Waals surface area contributed by atoms with E-state index in [0.717, 1.165) is 25.9 Å². The first kappa shape index (κ1) is 22.8. The largest absolute Gasteiger partial charge is 0.760 e. The highest BCUT2D eigenvalue weighted by Crippen LogP contribution is 2.33. The van der Waals surface area contributed by atoms with E-state index in [4.69, 9.17) is 0 Å². The van der Waals surface area contributed by atoms with Crippen LogP contribution in [0, 0.1) is 17.6 Å². The van der Waals surface area contributed by atoms with Crippen LogP contribution in [0.1, 0.15) is 24.8 Å². The second-order valence-corrected chi connectivity index (χ2v) is 9.10. The maximum Gasteiger partial charge on any atom is 0.320 e. The number of amides is 2. The van der Waals surface area contributed by atoms with Gasteiger partial charge in [-0.25, -0.2) is 18.3 Å². The van der Waals surface area contributed by atoms with Crippen molar-refractivity contribution < 1.29 is 22.3 Å². The second kappa shape index (κ2) is 10.1. The normalized spacial score (nSPS) is 21.5. The molecule has 2 aromatic rings. The molecule has 1 N–H and O–H groups in total. The molecule has 2 amide bonds. The van der Waals surface area contributed by atoms with E-state index in [1.54, 1.807) is 35.2 Å². The molecule has 3 atom stereocenters. The molecule has 4 rings (SSSR count). The van der Waals surface area contributed by atoms with Gasteiger partial charge in [0.1, 0.15) is 11.6 Å². The van der Waals surface area contributed by atoms with Crippen molar-refractivity contribution in [3.63, 3.8) is 0 Å². The Kier molecular flexibility index (Phi) is 7.17. The van der Waals surface area contributed by atoms with Gasteiger partial charge in [-0.1, -0.05) is 30.3 Å². The Hall–Kier alpha value is -2.36. The van der Waals surface area contributed by atoms with E-state index in [1.165, 1.54) is 12.1 Å². The Bertz CT molecular complexity index is 1000. The van der Waals surface area contributed by atoms with Crippen LogP contribution in [0.4, 0.5) is 13.6 Å². The van der Waals surface area contributed by atoms with Crippen molar-refractivity contribution in [1.29, 1.82) is 0 Å². The number of carbonyl (C=O) groups is 1. The van der Waals surface area contributed by atoms with Gasteiger partial charge >= 0.3 is 6.03 Å². The van der Waals surface area contributed by atoms with Crippen molar-refractivity contribution in [3.8, 4) is 11.1 Å². The number of carbonyl (C=O) groups excluding carboxylic acids is 1. The number of nitrogens with one attached hydrogen (secondary N) is 1. The minimum absolute atomic E-state index is 0.0363. The third-order valence-corrected chi connectivity index (χ3v) is 6.88. The van der Waals surface area contributed by atoms with Crippen molar-refractivity contribution >= 4 is 17.3 Å². The Balaban J connectivity index is 1.58. The second-order valence-electron chi connectivity index (χ2n) is 8.34. The summed E-state index contributed by atoms with van der Waals surface area (Å²) >= 11 is -2.34. The summed E-state index contributed by atoms with van der Waals surface area (Å²) in [5, 5.41) is 0. The minimum atomic E-state index is -2.34. The number of nitrogens with zero attached hydrogens (tertiary/aromatic N) is 2. The molecule has 2 saturated heterocycles. The zero-order valence-corrected chi connectivity index (χ0v) is 18.5. The smallest absolute Gasteiger partial charge is 0.320 e. The Labute approximate surface area is 189 Å². The lowest BCUT2D eigenvalue weighted by Crippen LogP contribution is -2.52. The van der Waals surface area contributed by atoms with Crippen LogP contribution < -0.4 is 4.72 Å². The first-order valence-corrected chi connectivity index (χ1v) is 11.9. The van der Waals surface area contributed by atoms with Crippen LogP contribution in [0.5, 0.6) is 0 Å². The molecule has 0 aromatic heterocycles. The monoisotopic (exact) mass is 462 g/mol. The quantitative estimate of drug-likeness (QED) is 0.641. The topological polar surface area (TPSA) is 75.7 Å². The van der Waals surface area contributed by atoms with Crippen LogP contribution in [0.3, 0.4) is 0 Å². The molecule has 0 bridgehead atoms. The number of hydrogen-bond donors (Lipinski definition) is 1. The predicted molar refractivity (Wildman–Crippen MR) is 117 cm³/mol. The molecule has 2 heterocycles. The van der Waals surface area contributed by atoms with Gasteiger partial charge in [-0.2, -0.15) is 0 Å². The highest BCUT2D eigenvalue weighted by Gasteiger charge is 2.39. The zero-order chi connectivity index (χ0) is 22.7. The molecule has 2 fully saturated rings. The summed E-state index contributed by atoms with van der Waals surface area (Å²) in [6, 6.07) is 10.6. The lowest BCUT2D eigenvalue weighted by molar-refractivity contribution is 0.117. The van der Waals surface area contributed by atoms with Crippen molar-refractivity contribution in [1.82, 2.24) is 14.5 Å². The Morgan fingerprint density at radius 2 is 1.94 bits per heavy atom. The molecule has 9 heteroatoms. The van der Waals surface area contributed by atoms with Crippen LogP contribution in [0.25, 0.3) is 11.1 Å². The Morgan fingerprint density at radius 3 is 2.62 bits per heavy atom. The van der Waals surface area contributed by atoms with E-state index < -0.39 is 22.9 Å². The van der Waals surface area contributed by atoms with Gasteiger partial charge in [0.25, 0.3) is 0 Å². The molecule has 0 spiro atoms. The van der Waals surface area contributed by atoms with Gasteiger partial charge in [0, 0.05) is 49.1 Å². The summed E-state index contributed by atoms with van der Waals surface area (Å²) in [5.41, 5.74) is 1.24. The summed E-state index contributed by atoms with van der Waals surface area (Å²) in [7, 11) is 0. The number of hydrogen-bond acceptors (Lipinski definition) is 3. The van der Waals surface area contributed by atoms with E-state index in [9.17, 15) is 17.9 Å². The molecular formula is C23H26F2N3O3S-. The van der Waals surface area contributed by atoms with Crippen LogP contribution in [-0.2, 0) is 17.7 Å². The standard InChI is InChI=1S/C23H27F2N3O3S/c24-19-6-1-4-17(14-19)20-7-2-5-18(22(20)25)15-21-16(8-10-26-32(30)31)9-13-28(21)23(29)27-11-3-12-27/h1-2,4-7,14,16,21,26H,3,8-13,15H2,(H,30,31)/p-1/t16-,21+/m1/s1. The zero-order valence-electron chi connectivity index (χ0n) is 17.6. The molecular weight excluding hydrogens is 436 g/mol. The van der Waals surface area contributed by atoms with Gasteiger partial charge in [-0.3, -0.25) is 4.21 Å². The van der Waals surface area contributed by atoms with Crippen LogP contribution in [0.2, 0.25) is 0 Å². The summed E-state index contributed by atoms with van der Waals surface area (Å²) in [6.45, 7) is 2.30. The highest BCUT2D eigenvalue weighted by molar-refractivity contribution is 7.77. The van der Waals surface area contributed by atoms with Crippen LogP contribution in [0.15, 0.2) is 42.5 Å². The fourth-order valence-electron chi connectivity index (χ4n) is 4.63. The third kappa shape index (κ3) is 5.00. The van der Waals surface area contributed by atoms with Crippen molar-refractivity contribution in [2.24, 2.45) is 5.92 Å². The fraction of sp³-hybridized carbons (Fsp3) is 0.435. The number of urea groups is 1. The third-order valence-electron chi connectivity index (χ3n) is 6.44. The van der Waals surface area contributed by atoms with E-state index in [-0.39, 0.29) is 24.5 Å². The molecule has 32 heavy (non-hydrogen) atoms. The van der Waals surface area contributed by atoms with Gasteiger partial charge in [-0.15, -0.1) is 0 Å². The number of rotatable bonds is 7. The average molecular weight is 463 g/mol. The molecule has 2 aliphatic heterocycles. The van der Waals surface area contributed by atoms with Gasteiger partial charge in [0.05, 0.1) is 0 Å². The highest BCUT2D eigenvalue weighted by atomic mass is 32.2. The van der Waals surface area contributed by atoms with Crippen molar-refractivity contribution in [3.05, 3.63) is 59.7 Å². The van der Waals surface area contributed by atoms with Gasteiger partial charge in [-0.05, 0) is 54.9 Å². The van der Waals surface area contributed by atoms with Gasteiger partial charge in [0.2, 0.25) is 0 Å². The predicted octanol–water partition coefficient (Wildman–Crippen LogP) is 3.46. The van der Waals surface area contributed by atoms with Crippen molar-refractivity contribution in [2.45, 2.75) is 31.7 Å². The molecule has 0 radical (unpaired) electrons. The summed E-state index contributed by atoms with van der Waals surface area (Å²) in [6.07, 6.45) is 2.60. The first-order chi connectivity index (χ1) is 15.4. The number of benzene rings is 2. The van der Waals surface area contributed by atoms with E-state index in [0.29, 0.717) is 36.1 Å². The summed E-state index contributed by atoms with van der Waals surface area (Å²) in [4.78, 5) is 16.6. The average Bonchev–Trinajstić information content (AvgIpc) is 3.10. The lowest BCUT2D eigenvalue weighted by Gasteiger charge is -2.38. The van der Waals surface area contributed by atoms with Gasteiger partial charge in [0.15, 0.2) is 0 Å². The molecule has 6 nitrogen and oxygen atoms in total. The van der Waals surface area contributed by atoms with E-state index in [1.807, 2.05) is 4.90 Å². The first-order valence-electron chi connectivity index (χ1n) is 10.9. The van der Waals surface area contributed by atoms with Gasteiger partial charge < -0.3 is 14.4 Å². The molecule has 0 saturated carbocycles. The summed E-state index contributed by atoms with van der Waals surface area (Å²) < 4.78 is 53.2. The number of halogens is 2. The number of likely N-dealkylation sites (tertiary alicyclic amines) is 2.